The molecular weight excluding hydrogens is 428 g/mol. The summed E-state index contributed by atoms with van der Waals surface area (Å²) in [6.07, 6.45) is 0. The number of carbonyl (C=O) groups is 2. The van der Waals surface area contributed by atoms with Gasteiger partial charge in [0.25, 0.3) is 11.8 Å². The number of amides is 2. The Bertz CT molecular complexity index is 1290. The van der Waals surface area contributed by atoms with E-state index in [9.17, 15) is 9.59 Å². The molecule has 0 bridgehead atoms. The Labute approximate surface area is 198 Å². The third-order valence-electron chi connectivity index (χ3n) is 5.63. The van der Waals surface area contributed by atoms with Crippen LogP contribution in [0, 0.1) is 6.92 Å². The average Bonchev–Trinajstić information content (AvgIpc) is 3.35. The molecule has 0 saturated heterocycles. The highest BCUT2D eigenvalue weighted by atomic mass is 16.4. The molecule has 0 radical (unpaired) electrons. The molecule has 3 aromatic carbocycles. The van der Waals surface area contributed by atoms with Crippen molar-refractivity contribution in [1.82, 2.24) is 15.1 Å². The summed E-state index contributed by atoms with van der Waals surface area (Å²) in [5.41, 5.74) is 4.37. The summed E-state index contributed by atoms with van der Waals surface area (Å²) in [7, 11) is 0. The van der Waals surface area contributed by atoms with E-state index < -0.39 is 0 Å². The first-order valence-corrected chi connectivity index (χ1v) is 11.2. The first-order chi connectivity index (χ1) is 16.5. The summed E-state index contributed by atoms with van der Waals surface area (Å²) in [5.74, 6) is 0.571. The summed E-state index contributed by atoms with van der Waals surface area (Å²) in [6.45, 7) is 7.19. The van der Waals surface area contributed by atoms with Gasteiger partial charge < -0.3 is 14.6 Å². The van der Waals surface area contributed by atoms with E-state index in [0.29, 0.717) is 41.7 Å². The predicted molar refractivity (Wildman–Crippen MR) is 132 cm³/mol. The molecule has 0 spiro atoms. The Morgan fingerprint density at radius 3 is 2.09 bits per heavy atom. The van der Waals surface area contributed by atoms with Crippen molar-refractivity contribution >= 4 is 17.5 Å². The lowest BCUT2D eigenvalue weighted by molar-refractivity contribution is 0.0773. The Hall–Kier alpha value is -4.26. The first-order valence-electron chi connectivity index (χ1n) is 11.2. The molecule has 4 aromatic rings. The molecule has 0 saturated carbocycles. The standard InChI is InChI=1S/C27H26N4O3/c1-4-31(5-2)27(33)21-14-16-22(17-15-21)28-24(32)19-10-12-20(13-11-19)25-29-30-26(34-25)23-9-7-6-8-18(23)3/h6-17H,4-5H2,1-3H3,(H,28,32). The van der Waals surface area contributed by atoms with E-state index in [1.807, 2.05) is 45.0 Å². The molecule has 0 atom stereocenters. The highest BCUT2D eigenvalue weighted by Crippen LogP contribution is 2.26. The molecular formula is C27H26N4O3. The number of hydrogen-bond donors (Lipinski definition) is 1. The van der Waals surface area contributed by atoms with Crippen LogP contribution in [0.3, 0.4) is 0 Å². The van der Waals surface area contributed by atoms with Crippen LogP contribution in [-0.4, -0.2) is 40.0 Å². The maximum Gasteiger partial charge on any atom is 0.255 e. The molecule has 172 valence electrons. The number of rotatable bonds is 7. The second-order valence-electron chi connectivity index (χ2n) is 7.81. The molecule has 1 heterocycles. The van der Waals surface area contributed by atoms with Crippen molar-refractivity contribution in [2.75, 3.05) is 18.4 Å². The maximum atomic E-state index is 12.7. The maximum absolute atomic E-state index is 12.7. The normalized spacial score (nSPS) is 10.7. The van der Waals surface area contributed by atoms with Crippen LogP contribution in [0.5, 0.6) is 0 Å². The van der Waals surface area contributed by atoms with Gasteiger partial charge in [-0.1, -0.05) is 18.2 Å². The molecule has 4 rings (SSSR count). The molecule has 1 aromatic heterocycles. The van der Waals surface area contributed by atoms with Gasteiger partial charge in [-0.25, -0.2) is 0 Å². The molecule has 1 N–H and O–H groups in total. The van der Waals surface area contributed by atoms with E-state index in [2.05, 4.69) is 15.5 Å². The minimum Gasteiger partial charge on any atom is -0.416 e. The number of anilines is 1. The largest absolute Gasteiger partial charge is 0.416 e. The van der Waals surface area contributed by atoms with Crippen molar-refractivity contribution in [1.29, 1.82) is 0 Å². The SMILES string of the molecule is CCN(CC)C(=O)c1ccc(NC(=O)c2ccc(-c3nnc(-c4ccccc4C)o3)cc2)cc1. The highest BCUT2D eigenvalue weighted by Gasteiger charge is 2.14. The third-order valence-corrected chi connectivity index (χ3v) is 5.63. The van der Waals surface area contributed by atoms with Crippen LogP contribution >= 0.6 is 0 Å². The number of carbonyl (C=O) groups excluding carboxylic acids is 2. The lowest BCUT2D eigenvalue weighted by Gasteiger charge is -2.18. The molecule has 0 aliphatic heterocycles. The number of aryl methyl sites for hydroxylation is 1. The Morgan fingerprint density at radius 1 is 0.824 bits per heavy atom. The number of nitrogens with one attached hydrogen (secondary N) is 1. The molecule has 0 unspecified atom stereocenters. The fourth-order valence-corrected chi connectivity index (χ4v) is 3.62. The van der Waals surface area contributed by atoms with Gasteiger partial charge in [0.2, 0.25) is 11.8 Å². The number of aromatic nitrogens is 2. The summed E-state index contributed by atoms with van der Waals surface area (Å²) in [4.78, 5) is 26.9. The van der Waals surface area contributed by atoms with Gasteiger partial charge in [-0.05, 0) is 80.9 Å². The number of nitrogens with zero attached hydrogens (tertiary/aromatic N) is 3. The van der Waals surface area contributed by atoms with Crippen LogP contribution in [0.25, 0.3) is 22.9 Å². The number of hydrogen-bond acceptors (Lipinski definition) is 5. The van der Waals surface area contributed by atoms with Crippen LogP contribution in [0.15, 0.2) is 77.2 Å². The van der Waals surface area contributed by atoms with Gasteiger partial charge in [-0.3, -0.25) is 9.59 Å². The van der Waals surface area contributed by atoms with Gasteiger partial charge in [0.15, 0.2) is 0 Å². The van der Waals surface area contributed by atoms with E-state index >= 15 is 0 Å². The zero-order valence-corrected chi connectivity index (χ0v) is 19.4. The summed E-state index contributed by atoms with van der Waals surface area (Å²) >= 11 is 0. The summed E-state index contributed by atoms with van der Waals surface area (Å²) in [6, 6.07) is 21.7. The minimum absolute atomic E-state index is 0.0231. The predicted octanol–water partition coefficient (Wildman–Crippen LogP) is 5.45. The first kappa shape index (κ1) is 22.9. The third kappa shape index (κ3) is 4.88. The average molecular weight is 455 g/mol. The molecule has 7 nitrogen and oxygen atoms in total. The van der Waals surface area contributed by atoms with E-state index in [-0.39, 0.29) is 11.8 Å². The molecule has 0 aliphatic rings. The summed E-state index contributed by atoms with van der Waals surface area (Å²) < 4.78 is 5.84. The van der Waals surface area contributed by atoms with Crippen molar-refractivity contribution in [3.05, 3.63) is 89.5 Å². The van der Waals surface area contributed by atoms with Gasteiger partial charge in [0.05, 0.1) is 0 Å². The van der Waals surface area contributed by atoms with Gasteiger partial charge in [0, 0.05) is 41.0 Å². The Balaban J connectivity index is 1.43. The fourth-order valence-electron chi connectivity index (χ4n) is 3.62. The van der Waals surface area contributed by atoms with Gasteiger partial charge >= 0.3 is 0 Å². The lowest BCUT2D eigenvalue weighted by atomic mass is 10.1. The second kappa shape index (κ2) is 10.1. The van der Waals surface area contributed by atoms with E-state index in [4.69, 9.17) is 4.42 Å². The quantitative estimate of drug-likeness (QED) is 0.401. The Morgan fingerprint density at radius 2 is 1.44 bits per heavy atom. The van der Waals surface area contributed by atoms with E-state index in [0.717, 1.165) is 16.7 Å². The van der Waals surface area contributed by atoms with Gasteiger partial charge in [-0.2, -0.15) is 0 Å². The molecule has 2 amide bonds. The molecule has 0 aliphatic carbocycles. The van der Waals surface area contributed by atoms with E-state index in [1.165, 1.54) is 0 Å². The van der Waals surface area contributed by atoms with Crippen molar-refractivity contribution in [3.8, 4) is 22.9 Å². The minimum atomic E-state index is -0.250. The van der Waals surface area contributed by atoms with Crippen LogP contribution in [0.4, 0.5) is 5.69 Å². The smallest absolute Gasteiger partial charge is 0.255 e. The van der Waals surface area contributed by atoms with Crippen molar-refractivity contribution < 1.29 is 14.0 Å². The fraction of sp³-hybridized carbons (Fsp3) is 0.185. The zero-order chi connectivity index (χ0) is 24.1. The number of benzene rings is 3. The zero-order valence-electron chi connectivity index (χ0n) is 19.4. The second-order valence-corrected chi connectivity index (χ2v) is 7.81. The summed E-state index contributed by atoms with van der Waals surface area (Å²) in [5, 5.41) is 11.2. The van der Waals surface area contributed by atoms with Crippen LogP contribution in [0.1, 0.15) is 40.1 Å². The van der Waals surface area contributed by atoms with Gasteiger partial charge in [-0.15, -0.1) is 10.2 Å². The monoisotopic (exact) mass is 454 g/mol. The van der Waals surface area contributed by atoms with Crippen LogP contribution in [0.2, 0.25) is 0 Å². The highest BCUT2D eigenvalue weighted by molar-refractivity contribution is 6.04. The topological polar surface area (TPSA) is 88.3 Å². The van der Waals surface area contributed by atoms with Crippen molar-refractivity contribution in [2.24, 2.45) is 0 Å². The molecule has 34 heavy (non-hydrogen) atoms. The van der Waals surface area contributed by atoms with Crippen molar-refractivity contribution in [3.63, 3.8) is 0 Å². The Kier molecular flexibility index (Phi) is 6.82. The van der Waals surface area contributed by atoms with Gasteiger partial charge in [0.1, 0.15) is 0 Å². The van der Waals surface area contributed by atoms with E-state index in [1.54, 1.807) is 53.4 Å². The molecule has 0 fully saturated rings. The lowest BCUT2D eigenvalue weighted by Crippen LogP contribution is -2.30. The molecule has 7 heteroatoms. The van der Waals surface area contributed by atoms with Crippen LogP contribution in [-0.2, 0) is 0 Å². The van der Waals surface area contributed by atoms with Crippen LogP contribution < -0.4 is 5.32 Å². The van der Waals surface area contributed by atoms with Crippen molar-refractivity contribution in [2.45, 2.75) is 20.8 Å².